The highest BCUT2D eigenvalue weighted by molar-refractivity contribution is 6.21. The van der Waals surface area contributed by atoms with Gasteiger partial charge in [0.1, 0.15) is 5.41 Å². The van der Waals surface area contributed by atoms with E-state index < -0.39 is 34.6 Å². The van der Waals surface area contributed by atoms with E-state index in [1.807, 2.05) is 10.6 Å². The van der Waals surface area contributed by atoms with Crippen molar-refractivity contribution in [3.05, 3.63) is 12.7 Å². The second-order valence-electron chi connectivity index (χ2n) is 4.98. The van der Waals surface area contributed by atoms with E-state index in [4.69, 9.17) is 4.74 Å². The molecule has 0 aromatic carbocycles. The van der Waals surface area contributed by atoms with Gasteiger partial charge in [0.2, 0.25) is 11.8 Å². The van der Waals surface area contributed by atoms with E-state index >= 15 is 0 Å². The van der Waals surface area contributed by atoms with Crippen LogP contribution in [0.5, 0.6) is 0 Å². The van der Waals surface area contributed by atoms with Gasteiger partial charge in [-0.1, -0.05) is 6.08 Å². The van der Waals surface area contributed by atoms with Crippen LogP contribution in [0.2, 0.25) is 0 Å². The van der Waals surface area contributed by atoms with Crippen LogP contribution in [-0.2, 0) is 19.1 Å². The van der Waals surface area contributed by atoms with E-state index in [9.17, 15) is 19.2 Å². The summed E-state index contributed by atoms with van der Waals surface area (Å²) in [6.07, 6.45) is 1.26. The van der Waals surface area contributed by atoms with Crippen molar-refractivity contribution in [2.24, 2.45) is 10.8 Å². The maximum atomic E-state index is 12.2. The molecule has 1 aliphatic heterocycles. The maximum absolute atomic E-state index is 12.2. The quantitative estimate of drug-likeness (QED) is 0.434. The van der Waals surface area contributed by atoms with Gasteiger partial charge in [0.05, 0.1) is 12.0 Å². The molecule has 0 aromatic rings. The molecule has 0 radical (unpaired) electrons. The van der Waals surface area contributed by atoms with Gasteiger partial charge in [0, 0.05) is 0 Å². The fourth-order valence-electron chi connectivity index (χ4n) is 2.26. The molecule has 1 aliphatic rings. The minimum Gasteiger partial charge on any atom is -0.466 e. The summed E-state index contributed by atoms with van der Waals surface area (Å²) in [5, 5.41) is 4.05. The summed E-state index contributed by atoms with van der Waals surface area (Å²) in [6, 6.07) is -0.903. The molecule has 7 nitrogen and oxygen atoms in total. The number of nitrogens with one attached hydrogen (secondary N) is 2. The first-order valence-corrected chi connectivity index (χ1v) is 6.19. The summed E-state index contributed by atoms with van der Waals surface area (Å²) in [6.45, 7) is 8.12. The summed E-state index contributed by atoms with van der Waals surface area (Å²) in [5.74, 6) is -2.35. The molecule has 0 bridgehead atoms. The Bertz CT molecular complexity index is 461. The molecule has 7 heteroatoms. The lowest BCUT2D eigenvalue weighted by atomic mass is 9.61. The molecule has 0 aromatic heterocycles. The summed E-state index contributed by atoms with van der Waals surface area (Å²) in [7, 11) is 0. The van der Waals surface area contributed by atoms with Gasteiger partial charge in [-0.05, 0) is 27.2 Å². The van der Waals surface area contributed by atoms with Gasteiger partial charge >= 0.3 is 12.0 Å². The molecule has 4 amide bonds. The monoisotopic (exact) mass is 282 g/mol. The highest BCUT2D eigenvalue weighted by Crippen LogP contribution is 2.45. The first kappa shape index (κ1) is 15.9. The second-order valence-corrected chi connectivity index (χ2v) is 4.98. The molecule has 110 valence electrons. The van der Waals surface area contributed by atoms with Crippen LogP contribution in [0, 0.1) is 10.8 Å². The highest BCUT2D eigenvalue weighted by Gasteiger charge is 2.62. The average molecular weight is 282 g/mol. The second kappa shape index (κ2) is 5.44. The summed E-state index contributed by atoms with van der Waals surface area (Å²) in [5.41, 5.74) is -3.22. The minimum absolute atomic E-state index is 0.0935. The Morgan fingerprint density at radius 1 is 1.30 bits per heavy atom. The Morgan fingerprint density at radius 3 is 2.20 bits per heavy atom. The smallest absolute Gasteiger partial charge is 0.328 e. The van der Waals surface area contributed by atoms with Crippen LogP contribution in [0.25, 0.3) is 0 Å². The van der Waals surface area contributed by atoms with E-state index in [1.165, 1.54) is 19.9 Å². The lowest BCUT2D eigenvalue weighted by molar-refractivity contribution is -0.172. The first-order chi connectivity index (χ1) is 9.23. The van der Waals surface area contributed by atoms with Gasteiger partial charge in [-0.15, -0.1) is 6.58 Å². The lowest BCUT2D eigenvalue weighted by Gasteiger charge is -2.43. The average Bonchev–Trinajstić information content (AvgIpc) is 2.33. The number of ether oxygens (including phenoxy) is 1. The van der Waals surface area contributed by atoms with Crippen molar-refractivity contribution in [3.63, 3.8) is 0 Å². The summed E-state index contributed by atoms with van der Waals surface area (Å²) >= 11 is 0. The van der Waals surface area contributed by atoms with Crippen molar-refractivity contribution >= 4 is 23.8 Å². The zero-order valence-electron chi connectivity index (χ0n) is 11.7. The van der Waals surface area contributed by atoms with Gasteiger partial charge in [0.25, 0.3) is 0 Å². The van der Waals surface area contributed by atoms with Gasteiger partial charge in [-0.2, -0.15) is 0 Å². The zero-order valence-corrected chi connectivity index (χ0v) is 11.7. The topological polar surface area (TPSA) is 102 Å². The molecular formula is C13H18N2O5. The summed E-state index contributed by atoms with van der Waals surface area (Å²) in [4.78, 5) is 47.8. The van der Waals surface area contributed by atoms with E-state index in [-0.39, 0.29) is 13.0 Å². The molecule has 1 fully saturated rings. The fourth-order valence-corrected chi connectivity index (χ4v) is 2.26. The number of imide groups is 2. The lowest BCUT2D eigenvalue weighted by Crippen LogP contribution is -2.68. The molecule has 0 aliphatic carbocycles. The Hall–Kier alpha value is -2.18. The molecule has 0 atom stereocenters. The minimum atomic E-state index is -1.77. The van der Waals surface area contributed by atoms with Gasteiger partial charge in [-0.3, -0.25) is 25.0 Å². The number of esters is 1. The SMILES string of the molecule is C=CCC1(C(C)(C)C(=O)OCC)C(=O)NC(=O)NC1=O. The maximum Gasteiger partial charge on any atom is 0.328 e. The van der Waals surface area contributed by atoms with Crippen LogP contribution in [0.3, 0.4) is 0 Å². The Morgan fingerprint density at radius 2 is 1.80 bits per heavy atom. The van der Waals surface area contributed by atoms with Crippen molar-refractivity contribution in [1.82, 2.24) is 10.6 Å². The van der Waals surface area contributed by atoms with Crippen molar-refractivity contribution in [1.29, 1.82) is 0 Å². The number of hydrogen-bond donors (Lipinski definition) is 2. The number of carbonyl (C=O) groups is 4. The van der Waals surface area contributed by atoms with Crippen LogP contribution < -0.4 is 10.6 Å². The highest BCUT2D eigenvalue weighted by atomic mass is 16.5. The number of urea groups is 1. The third-order valence-electron chi connectivity index (χ3n) is 3.53. The fraction of sp³-hybridized carbons (Fsp3) is 0.538. The Labute approximate surface area is 116 Å². The van der Waals surface area contributed by atoms with Crippen LogP contribution in [0.4, 0.5) is 4.79 Å². The molecule has 2 N–H and O–H groups in total. The predicted molar refractivity (Wildman–Crippen MR) is 69.3 cm³/mol. The zero-order chi connectivity index (χ0) is 15.6. The van der Waals surface area contributed by atoms with Crippen molar-refractivity contribution in [2.75, 3.05) is 6.61 Å². The van der Waals surface area contributed by atoms with Crippen molar-refractivity contribution in [2.45, 2.75) is 27.2 Å². The van der Waals surface area contributed by atoms with E-state index in [0.717, 1.165) is 0 Å². The number of carbonyl (C=O) groups excluding carboxylic acids is 4. The molecule has 1 saturated heterocycles. The number of allylic oxidation sites excluding steroid dienone is 1. The predicted octanol–water partition coefficient (Wildman–Crippen LogP) is 0.504. The molecule has 20 heavy (non-hydrogen) atoms. The van der Waals surface area contributed by atoms with E-state index in [0.29, 0.717) is 0 Å². The first-order valence-electron chi connectivity index (χ1n) is 6.19. The molecule has 0 spiro atoms. The number of amides is 4. The standard InChI is InChI=1S/C13H18N2O5/c1-5-7-13(12(3,4)10(18)20-6-2)8(16)14-11(19)15-9(13)17/h5H,1,6-7H2,2-4H3,(H2,14,15,16,17,19). The van der Waals surface area contributed by atoms with Gasteiger partial charge in [0.15, 0.2) is 0 Å². The third-order valence-corrected chi connectivity index (χ3v) is 3.53. The van der Waals surface area contributed by atoms with Gasteiger partial charge in [-0.25, -0.2) is 4.79 Å². The largest absolute Gasteiger partial charge is 0.466 e. The Kier molecular flexibility index (Phi) is 4.32. The number of rotatable bonds is 5. The third kappa shape index (κ3) is 2.19. The van der Waals surface area contributed by atoms with Crippen LogP contribution in [-0.4, -0.2) is 30.4 Å². The normalized spacial score (nSPS) is 18.1. The van der Waals surface area contributed by atoms with E-state index in [1.54, 1.807) is 6.92 Å². The summed E-state index contributed by atoms with van der Waals surface area (Å²) < 4.78 is 4.94. The number of hydrogen-bond acceptors (Lipinski definition) is 5. The van der Waals surface area contributed by atoms with Crippen LogP contribution in [0.1, 0.15) is 27.2 Å². The molecule has 0 unspecified atom stereocenters. The van der Waals surface area contributed by atoms with Crippen LogP contribution in [0.15, 0.2) is 12.7 Å². The molecule has 0 saturated carbocycles. The van der Waals surface area contributed by atoms with Crippen molar-refractivity contribution < 1.29 is 23.9 Å². The molecular weight excluding hydrogens is 264 g/mol. The number of barbiturate groups is 1. The van der Waals surface area contributed by atoms with Crippen molar-refractivity contribution in [3.8, 4) is 0 Å². The molecule has 1 rings (SSSR count). The van der Waals surface area contributed by atoms with Gasteiger partial charge < -0.3 is 4.74 Å². The molecule has 1 heterocycles. The Balaban J connectivity index is 3.37. The van der Waals surface area contributed by atoms with Crippen LogP contribution >= 0.6 is 0 Å². The van der Waals surface area contributed by atoms with E-state index in [2.05, 4.69) is 6.58 Å².